The van der Waals surface area contributed by atoms with Crippen molar-refractivity contribution in [1.29, 1.82) is 0 Å². The molecule has 0 aliphatic heterocycles. The third-order valence-corrected chi connectivity index (χ3v) is 3.47. The third-order valence-electron chi connectivity index (χ3n) is 2.42. The first-order valence-electron chi connectivity index (χ1n) is 5.96. The number of nitrogens with zero attached hydrogens (tertiary/aromatic N) is 1. The summed E-state index contributed by atoms with van der Waals surface area (Å²) in [7, 11) is 4.15. The second-order valence-corrected chi connectivity index (χ2v) is 5.49. The summed E-state index contributed by atoms with van der Waals surface area (Å²) in [4.78, 5) is 3.37. The van der Waals surface area contributed by atoms with E-state index in [1.54, 1.807) is 11.8 Å². The number of para-hydroxylation sites is 1. The van der Waals surface area contributed by atoms with E-state index in [0.29, 0.717) is 5.11 Å². The van der Waals surface area contributed by atoms with Crippen LogP contribution in [-0.4, -0.2) is 43.5 Å². The molecular weight excluding hydrogens is 262 g/mol. The summed E-state index contributed by atoms with van der Waals surface area (Å²) in [5, 5.41) is 7.15. The molecule has 0 heterocycles. The van der Waals surface area contributed by atoms with Gasteiger partial charge in [0.05, 0.1) is 5.69 Å². The highest BCUT2D eigenvalue weighted by Crippen LogP contribution is 2.24. The van der Waals surface area contributed by atoms with Crippen molar-refractivity contribution in [2.24, 2.45) is 0 Å². The Labute approximate surface area is 119 Å². The fraction of sp³-hybridized carbons (Fsp3) is 0.462. The van der Waals surface area contributed by atoms with Crippen molar-refractivity contribution < 1.29 is 0 Å². The first-order valence-corrected chi connectivity index (χ1v) is 7.59. The average molecular weight is 283 g/mol. The number of nitrogens with one attached hydrogen (secondary N) is 2. The van der Waals surface area contributed by atoms with Gasteiger partial charge in [0.25, 0.3) is 0 Å². The van der Waals surface area contributed by atoms with Gasteiger partial charge in [-0.2, -0.15) is 0 Å². The summed E-state index contributed by atoms with van der Waals surface area (Å²) in [5.41, 5.74) is 1.06. The molecule has 2 N–H and O–H groups in total. The maximum atomic E-state index is 5.28. The molecule has 0 amide bonds. The number of thiocarbonyl (C=S) groups is 1. The van der Waals surface area contributed by atoms with E-state index in [4.69, 9.17) is 12.2 Å². The molecule has 1 rings (SSSR count). The van der Waals surface area contributed by atoms with Crippen molar-refractivity contribution in [2.75, 3.05) is 38.8 Å². The molecule has 100 valence electrons. The van der Waals surface area contributed by atoms with Gasteiger partial charge in [0.2, 0.25) is 0 Å². The molecule has 1 aromatic carbocycles. The Balaban J connectivity index is 2.35. The van der Waals surface area contributed by atoms with Crippen LogP contribution in [0.2, 0.25) is 0 Å². The van der Waals surface area contributed by atoms with Crippen LogP contribution in [0.25, 0.3) is 0 Å². The topological polar surface area (TPSA) is 27.3 Å². The quantitative estimate of drug-likeness (QED) is 0.476. The monoisotopic (exact) mass is 283 g/mol. The van der Waals surface area contributed by atoms with Crippen LogP contribution in [-0.2, 0) is 0 Å². The molecule has 0 fully saturated rings. The van der Waals surface area contributed by atoms with Crippen molar-refractivity contribution >= 4 is 34.8 Å². The van der Waals surface area contributed by atoms with E-state index in [1.807, 2.05) is 18.2 Å². The standard InChI is InChI=1S/C13H21N3S2/c1-16(2)10-6-9-14-13(17)15-11-7-4-5-8-12(11)18-3/h4-5,7-8H,6,9-10H2,1-3H3,(H2,14,15,17). The van der Waals surface area contributed by atoms with Gasteiger partial charge in [-0.25, -0.2) is 0 Å². The van der Waals surface area contributed by atoms with Crippen LogP contribution < -0.4 is 10.6 Å². The Morgan fingerprint density at radius 2 is 2.06 bits per heavy atom. The van der Waals surface area contributed by atoms with Crippen LogP contribution in [0.4, 0.5) is 5.69 Å². The molecule has 0 aromatic heterocycles. The van der Waals surface area contributed by atoms with Crippen molar-refractivity contribution in [2.45, 2.75) is 11.3 Å². The van der Waals surface area contributed by atoms with Gasteiger partial charge in [-0.15, -0.1) is 11.8 Å². The molecule has 0 saturated heterocycles. The van der Waals surface area contributed by atoms with Gasteiger partial charge in [0, 0.05) is 11.4 Å². The van der Waals surface area contributed by atoms with Crippen LogP contribution in [0.3, 0.4) is 0 Å². The maximum absolute atomic E-state index is 5.28. The molecule has 0 saturated carbocycles. The Morgan fingerprint density at radius 3 is 2.72 bits per heavy atom. The number of hydrogen-bond donors (Lipinski definition) is 2. The molecule has 0 bridgehead atoms. The zero-order valence-corrected chi connectivity index (χ0v) is 12.8. The summed E-state index contributed by atoms with van der Waals surface area (Å²) < 4.78 is 0. The largest absolute Gasteiger partial charge is 0.362 e. The molecule has 0 unspecified atom stereocenters. The molecule has 5 heteroatoms. The highest BCUT2D eigenvalue weighted by Gasteiger charge is 2.02. The molecule has 0 aliphatic carbocycles. The number of hydrogen-bond acceptors (Lipinski definition) is 3. The average Bonchev–Trinajstić information content (AvgIpc) is 2.35. The molecule has 0 aliphatic rings. The third kappa shape index (κ3) is 5.71. The number of anilines is 1. The minimum absolute atomic E-state index is 0.690. The Hall–Kier alpha value is -0.780. The molecular formula is C13H21N3S2. The van der Waals surface area contributed by atoms with Gasteiger partial charge in [-0.1, -0.05) is 12.1 Å². The van der Waals surface area contributed by atoms with Crippen molar-refractivity contribution in [1.82, 2.24) is 10.2 Å². The lowest BCUT2D eigenvalue weighted by atomic mass is 10.3. The van der Waals surface area contributed by atoms with Crippen LogP contribution in [0.5, 0.6) is 0 Å². The van der Waals surface area contributed by atoms with Gasteiger partial charge in [0.15, 0.2) is 5.11 Å². The van der Waals surface area contributed by atoms with Gasteiger partial charge in [0.1, 0.15) is 0 Å². The fourth-order valence-corrected chi connectivity index (χ4v) is 2.28. The Morgan fingerprint density at radius 1 is 1.33 bits per heavy atom. The summed E-state index contributed by atoms with van der Waals surface area (Å²) in [5.74, 6) is 0. The molecule has 3 nitrogen and oxygen atoms in total. The summed E-state index contributed by atoms with van der Waals surface area (Å²) in [6.45, 7) is 1.96. The molecule has 0 atom stereocenters. The smallest absolute Gasteiger partial charge is 0.170 e. The first kappa shape index (κ1) is 15.3. The van der Waals surface area contributed by atoms with Crippen molar-refractivity contribution in [3.8, 4) is 0 Å². The van der Waals surface area contributed by atoms with Gasteiger partial charge in [-0.05, 0) is 57.7 Å². The molecule has 1 aromatic rings. The van der Waals surface area contributed by atoms with E-state index in [9.17, 15) is 0 Å². The zero-order chi connectivity index (χ0) is 13.4. The lowest BCUT2D eigenvalue weighted by molar-refractivity contribution is 0.400. The summed E-state index contributed by atoms with van der Waals surface area (Å²) >= 11 is 6.99. The second kappa shape index (κ2) is 8.34. The number of rotatable bonds is 6. The van der Waals surface area contributed by atoms with Crippen LogP contribution >= 0.6 is 24.0 Å². The van der Waals surface area contributed by atoms with E-state index in [-0.39, 0.29) is 0 Å². The number of thioether (sulfide) groups is 1. The first-order chi connectivity index (χ1) is 8.63. The van der Waals surface area contributed by atoms with Gasteiger partial charge in [-0.3, -0.25) is 0 Å². The maximum Gasteiger partial charge on any atom is 0.170 e. The van der Waals surface area contributed by atoms with Crippen molar-refractivity contribution in [3.05, 3.63) is 24.3 Å². The minimum Gasteiger partial charge on any atom is -0.362 e. The van der Waals surface area contributed by atoms with Crippen LogP contribution in [0.1, 0.15) is 6.42 Å². The lowest BCUT2D eigenvalue weighted by Crippen LogP contribution is -2.31. The molecule has 0 radical (unpaired) electrons. The predicted octanol–water partition coefficient (Wildman–Crippen LogP) is 2.65. The summed E-state index contributed by atoms with van der Waals surface area (Å²) in [6, 6.07) is 8.17. The molecule has 18 heavy (non-hydrogen) atoms. The number of benzene rings is 1. The minimum atomic E-state index is 0.690. The van der Waals surface area contributed by atoms with Crippen molar-refractivity contribution in [3.63, 3.8) is 0 Å². The van der Waals surface area contributed by atoms with E-state index >= 15 is 0 Å². The Bertz CT molecular complexity index is 380. The predicted molar refractivity (Wildman–Crippen MR) is 85.6 cm³/mol. The fourth-order valence-electron chi connectivity index (χ4n) is 1.51. The normalized spacial score (nSPS) is 10.4. The van der Waals surface area contributed by atoms with E-state index in [1.165, 1.54) is 4.90 Å². The van der Waals surface area contributed by atoms with Crippen LogP contribution in [0, 0.1) is 0 Å². The second-order valence-electron chi connectivity index (χ2n) is 4.24. The van der Waals surface area contributed by atoms with Gasteiger partial charge >= 0.3 is 0 Å². The summed E-state index contributed by atoms with van der Waals surface area (Å²) in [6.07, 6.45) is 3.15. The van der Waals surface area contributed by atoms with Crippen LogP contribution in [0.15, 0.2) is 29.2 Å². The van der Waals surface area contributed by atoms with E-state index < -0.39 is 0 Å². The van der Waals surface area contributed by atoms with E-state index in [2.05, 4.69) is 42.0 Å². The highest BCUT2D eigenvalue weighted by atomic mass is 32.2. The zero-order valence-electron chi connectivity index (χ0n) is 11.2. The molecule has 0 spiro atoms. The highest BCUT2D eigenvalue weighted by molar-refractivity contribution is 7.98. The van der Waals surface area contributed by atoms with E-state index in [0.717, 1.165) is 25.2 Å². The SMILES string of the molecule is CSc1ccccc1NC(=S)NCCCN(C)C. The lowest BCUT2D eigenvalue weighted by Gasteiger charge is -2.14. The Kier molecular flexibility index (Phi) is 7.08. The van der Waals surface area contributed by atoms with Gasteiger partial charge < -0.3 is 15.5 Å².